The van der Waals surface area contributed by atoms with Gasteiger partial charge in [-0.15, -0.1) is 0 Å². The molecule has 1 aliphatic rings. The SMILES string of the molecule is C/C=C\C1=C(C)CN(C)CC1C.CC. The Bertz CT molecular complexity index is 213. The summed E-state index contributed by atoms with van der Waals surface area (Å²) in [4.78, 5) is 2.38. The highest BCUT2D eigenvalue weighted by molar-refractivity contribution is 5.29. The standard InChI is InChI=1S/C11H19N.C2H6/c1-5-6-11-9(2)7-12(4)8-10(11)3;1-2/h5-6,9H,7-8H2,1-4H3;1-2H3/b6-5-;. The Morgan fingerprint density at radius 3 is 2.36 bits per heavy atom. The first kappa shape index (κ1) is 13.4. The van der Waals surface area contributed by atoms with Gasteiger partial charge in [0.2, 0.25) is 0 Å². The minimum absolute atomic E-state index is 0.694. The van der Waals surface area contributed by atoms with Crippen molar-refractivity contribution >= 4 is 0 Å². The molecule has 82 valence electrons. The first-order valence-corrected chi connectivity index (χ1v) is 5.66. The number of hydrogen-bond donors (Lipinski definition) is 0. The normalized spacial score (nSPS) is 23.7. The maximum atomic E-state index is 2.38. The van der Waals surface area contributed by atoms with Crippen molar-refractivity contribution < 1.29 is 0 Å². The van der Waals surface area contributed by atoms with Gasteiger partial charge in [0.25, 0.3) is 0 Å². The van der Waals surface area contributed by atoms with Crippen molar-refractivity contribution in [3.05, 3.63) is 23.3 Å². The van der Waals surface area contributed by atoms with Gasteiger partial charge in [-0.2, -0.15) is 0 Å². The lowest BCUT2D eigenvalue weighted by atomic mass is 9.92. The van der Waals surface area contributed by atoms with Crippen LogP contribution in [0, 0.1) is 5.92 Å². The molecule has 0 aromatic heterocycles. The van der Waals surface area contributed by atoms with E-state index in [2.05, 4.69) is 44.9 Å². The Morgan fingerprint density at radius 2 is 1.93 bits per heavy atom. The molecule has 0 aromatic rings. The van der Waals surface area contributed by atoms with E-state index in [1.54, 1.807) is 0 Å². The van der Waals surface area contributed by atoms with Gasteiger partial charge < -0.3 is 4.90 Å². The van der Waals surface area contributed by atoms with Crippen LogP contribution in [0.2, 0.25) is 0 Å². The van der Waals surface area contributed by atoms with Gasteiger partial charge in [0.05, 0.1) is 0 Å². The van der Waals surface area contributed by atoms with Gasteiger partial charge in [-0.1, -0.05) is 38.5 Å². The lowest BCUT2D eigenvalue weighted by Gasteiger charge is -2.30. The molecule has 1 heteroatoms. The number of allylic oxidation sites excluding steroid dienone is 2. The average Bonchev–Trinajstić information content (AvgIpc) is 2.14. The van der Waals surface area contributed by atoms with E-state index in [1.165, 1.54) is 17.7 Å². The summed E-state index contributed by atoms with van der Waals surface area (Å²) in [6, 6.07) is 0. The zero-order chi connectivity index (χ0) is 11.1. The van der Waals surface area contributed by atoms with Crippen molar-refractivity contribution in [2.24, 2.45) is 5.92 Å². The number of hydrogen-bond acceptors (Lipinski definition) is 1. The van der Waals surface area contributed by atoms with E-state index >= 15 is 0 Å². The van der Waals surface area contributed by atoms with Gasteiger partial charge in [0.1, 0.15) is 0 Å². The molecular formula is C13H25N. The van der Waals surface area contributed by atoms with Crippen LogP contribution < -0.4 is 0 Å². The summed E-state index contributed by atoms with van der Waals surface area (Å²) < 4.78 is 0. The van der Waals surface area contributed by atoms with Crippen LogP contribution in [0.15, 0.2) is 23.3 Å². The molecule has 1 heterocycles. The fourth-order valence-electron chi connectivity index (χ4n) is 2.03. The van der Waals surface area contributed by atoms with Gasteiger partial charge in [-0.3, -0.25) is 0 Å². The second-order valence-electron chi connectivity index (χ2n) is 3.83. The third-order valence-corrected chi connectivity index (χ3v) is 2.46. The summed E-state index contributed by atoms with van der Waals surface area (Å²) in [5.74, 6) is 0.694. The second kappa shape index (κ2) is 6.83. The summed E-state index contributed by atoms with van der Waals surface area (Å²) in [5.41, 5.74) is 3.06. The first-order chi connectivity index (χ1) is 6.65. The minimum Gasteiger partial charge on any atom is -0.302 e. The largest absolute Gasteiger partial charge is 0.302 e. The molecular weight excluding hydrogens is 170 g/mol. The highest BCUT2D eigenvalue weighted by Crippen LogP contribution is 2.23. The third-order valence-electron chi connectivity index (χ3n) is 2.46. The maximum Gasteiger partial charge on any atom is 0.0193 e. The predicted octanol–water partition coefficient (Wildman–Crippen LogP) is 3.49. The molecule has 0 radical (unpaired) electrons. The fourth-order valence-corrected chi connectivity index (χ4v) is 2.03. The van der Waals surface area contributed by atoms with Crippen molar-refractivity contribution in [2.45, 2.75) is 34.6 Å². The Hall–Kier alpha value is -0.560. The fraction of sp³-hybridized carbons (Fsp3) is 0.692. The molecule has 1 unspecified atom stereocenters. The monoisotopic (exact) mass is 195 g/mol. The van der Waals surface area contributed by atoms with Gasteiger partial charge in [0, 0.05) is 13.1 Å². The van der Waals surface area contributed by atoms with E-state index in [0.717, 1.165) is 6.54 Å². The quantitative estimate of drug-likeness (QED) is 0.619. The molecule has 0 fully saturated rings. The molecule has 1 atom stereocenters. The zero-order valence-corrected chi connectivity index (χ0v) is 10.6. The lowest BCUT2D eigenvalue weighted by Crippen LogP contribution is -2.32. The molecule has 0 aromatic carbocycles. The Labute approximate surface area is 89.5 Å². The van der Waals surface area contributed by atoms with E-state index in [9.17, 15) is 0 Å². The summed E-state index contributed by atoms with van der Waals surface area (Å²) >= 11 is 0. The van der Waals surface area contributed by atoms with Gasteiger partial charge in [-0.25, -0.2) is 0 Å². The molecule has 1 nitrogen and oxygen atoms in total. The van der Waals surface area contributed by atoms with Crippen LogP contribution in [0.4, 0.5) is 0 Å². The number of nitrogens with zero attached hydrogens (tertiary/aromatic N) is 1. The molecule has 0 amide bonds. The van der Waals surface area contributed by atoms with Crippen molar-refractivity contribution in [1.29, 1.82) is 0 Å². The van der Waals surface area contributed by atoms with Crippen LogP contribution in [0.5, 0.6) is 0 Å². The molecule has 0 aliphatic carbocycles. The predicted molar refractivity (Wildman–Crippen MR) is 65.5 cm³/mol. The van der Waals surface area contributed by atoms with Crippen LogP contribution in [0.1, 0.15) is 34.6 Å². The zero-order valence-electron chi connectivity index (χ0n) is 10.6. The molecule has 1 rings (SSSR count). The molecule has 1 aliphatic heterocycles. The average molecular weight is 195 g/mol. The smallest absolute Gasteiger partial charge is 0.0193 e. The number of likely N-dealkylation sites (N-methyl/N-ethyl adjacent to an activating group) is 1. The summed E-state index contributed by atoms with van der Waals surface area (Å²) in [7, 11) is 2.19. The summed E-state index contributed by atoms with van der Waals surface area (Å²) in [5, 5.41) is 0. The van der Waals surface area contributed by atoms with E-state index < -0.39 is 0 Å². The van der Waals surface area contributed by atoms with E-state index in [4.69, 9.17) is 0 Å². The van der Waals surface area contributed by atoms with Crippen LogP contribution in [-0.2, 0) is 0 Å². The Balaban J connectivity index is 0.000000791. The lowest BCUT2D eigenvalue weighted by molar-refractivity contribution is 0.306. The number of rotatable bonds is 1. The van der Waals surface area contributed by atoms with Crippen LogP contribution in [-0.4, -0.2) is 25.0 Å². The van der Waals surface area contributed by atoms with E-state index in [-0.39, 0.29) is 0 Å². The Morgan fingerprint density at radius 1 is 1.36 bits per heavy atom. The molecule has 0 spiro atoms. The van der Waals surface area contributed by atoms with E-state index in [1.807, 2.05) is 13.8 Å². The minimum atomic E-state index is 0.694. The molecule has 0 saturated heterocycles. The van der Waals surface area contributed by atoms with Gasteiger partial charge >= 0.3 is 0 Å². The van der Waals surface area contributed by atoms with Crippen LogP contribution in [0.25, 0.3) is 0 Å². The summed E-state index contributed by atoms with van der Waals surface area (Å²) in [6.07, 6.45) is 4.40. The third kappa shape index (κ3) is 3.67. The first-order valence-electron chi connectivity index (χ1n) is 5.66. The van der Waals surface area contributed by atoms with Crippen LogP contribution >= 0.6 is 0 Å². The molecule has 0 bridgehead atoms. The van der Waals surface area contributed by atoms with Crippen molar-refractivity contribution in [1.82, 2.24) is 4.90 Å². The van der Waals surface area contributed by atoms with Crippen LogP contribution in [0.3, 0.4) is 0 Å². The van der Waals surface area contributed by atoms with Gasteiger partial charge in [-0.05, 0) is 32.4 Å². The summed E-state index contributed by atoms with van der Waals surface area (Å²) in [6.45, 7) is 12.9. The Kier molecular flexibility index (Phi) is 6.56. The molecule has 14 heavy (non-hydrogen) atoms. The van der Waals surface area contributed by atoms with Crippen molar-refractivity contribution in [2.75, 3.05) is 20.1 Å². The van der Waals surface area contributed by atoms with Gasteiger partial charge in [0.15, 0.2) is 0 Å². The molecule has 0 saturated carbocycles. The highest BCUT2D eigenvalue weighted by Gasteiger charge is 2.17. The van der Waals surface area contributed by atoms with E-state index in [0.29, 0.717) is 5.92 Å². The highest BCUT2D eigenvalue weighted by atomic mass is 15.1. The second-order valence-corrected chi connectivity index (χ2v) is 3.83. The maximum absolute atomic E-state index is 2.38. The molecule has 0 N–H and O–H groups in total. The topological polar surface area (TPSA) is 3.24 Å². The van der Waals surface area contributed by atoms with Crippen molar-refractivity contribution in [3.8, 4) is 0 Å². The van der Waals surface area contributed by atoms with Crippen molar-refractivity contribution in [3.63, 3.8) is 0 Å².